The number of pyridine rings is 1. The Labute approximate surface area is 107 Å². The fourth-order valence-electron chi connectivity index (χ4n) is 1.80. The van der Waals surface area contributed by atoms with Crippen molar-refractivity contribution in [1.29, 1.82) is 0 Å². The quantitative estimate of drug-likeness (QED) is 0.704. The Morgan fingerprint density at radius 2 is 2.37 bits per heavy atom. The zero-order valence-electron chi connectivity index (χ0n) is 10.1. The van der Waals surface area contributed by atoms with Crippen LogP contribution in [0.1, 0.15) is 29.1 Å². The molecule has 3 heterocycles. The average Bonchev–Trinajstić information content (AvgIpc) is 3.08. The van der Waals surface area contributed by atoms with Crippen LogP contribution in [0.3, 0.4) is 0 Å². The topological polar surface area (TPSA) is 101 Å². The van der Waals surface area contributed by atoms with Gasteiger partial charge < -0.3 is 5.32 Å². The van der Waals surface area contributed by atoms with Crippen LogP contribution in [0.25, 0.3) is 5.52 Å². The van der Waals surface area contributed by atoms with E-state index in [0.717, 1.165) is 5.52 Å². The van der Waals surface area contributed by atoms with E-state index >= 15 is 0 Å². The maximum atomic E-state index is 12.2. The zero-order valence-corrected chi connectivity index (χ0v) is 10.1. The van der Waals surface area contributed by atoms with Gasteiger partial charge in [0, 0.05) is 6.20 Å². The van der Waals surface area contributed by atoms with Crippen LogP contribution in [0.5, 0.6) is 0 Å². The number of rotatable bonds is 3. The van der Waals surface area contributed by atoms with Crippen LogP contribution < -0.4 is 5.32 Å². The summed E-state index contributed by atoms with van der Waals surface area (Å²) in [5.41, 5.74) is 1.26. The number of carbonyl (C=O) groups excluding carboxylic acids is 1. The highest BCUT2D eigenvalue weighted by Gasteiger charge is 2.17. The molecule has 1 amide bonds. The predicted molar refractivity (Wildman–Crippen MR) is 65.3 cm³/mol. The van der Waals surface area contributed by atoms with Crippen molar-refractivity contribution < 1.29 is 4.79 Å². The van der Waals surface area contributed by atoms with E-state index in [9.17, 15) is 4.79 Å². The van der Waals surface area contributed by atoms with Crippen molar-refractivity contribution >= 4 is 11.4 Å². The standard InChI is InChI=1S/C11H11N7O/c1-7(10-14-16-17-15-10)13-11(19)8-6-12-18-5-3-2-4-9(8)18/h2-7H,1H3,(H,13,19)(H,14,15,16,17). The molecular formula is C11H11N7O. The lowest BCUT2D eigenvalue weighted by molar-refractivity contribution is 0.0940. The summed E-state index contributed by atoms with van der Waals surface area (Å²) in [6.07, 6.45) is 3.32. The Morgan fingerprint density at radius 3 is 3.16 bits per heavy atom. The van der Waals surface area contributed by atoms with E-state index in [1.165, 1.54) is 6.20 Å². The molecule has 0 saturated heterocycles. The van der Waals surface area contributed by atoms with Crippen LogP contribution in [0.15, 0.2) is 30.6 Å². The Balaban J connectivity index is 1.84. The first-order valence-electron chi connectivity index (χ1n) is 5.72. The smallest absolute Gasteiger partial charge is 0.255 e. The molecule has 8 nitrogen and oxygen atoms in total. The van der Waals surface area contributed by atoms with E-state index in [1.807, 2.05) is 18.2 Å². The fraction of sp³-hybridized carbons (Fsp3) is 0.182. The minimum absolute atomic E-state index is 0.224. The summed E-state index contributed by atoms with van der Waals surface area (Å²) >= 11 is 0. The van der Waals surface area contributed by atoms with Crippen molar-refractivity contribution in [2.24, 2.45) is 0 Å². The molecule has 0 fully saturated rings. The van der Waals surface area contributed by atoms with Gasteiger partial charge in [-0.05, 0) is 19.1 Å². The highest BCUT2D eigenvalue weighted by Crippen LogP contribution is 2.12. The molecule has 0 aliphatic rings. The predicted octanol–water partition coefficient (Wildman–Crippen LogP) is 0.338. The summed E-state index contributed by atoms with van der Waals surface area (Å²) in [5.74, 6) is 0.211. The minimum atomic E-state index is -0.329. The number of hydrogen-bond acceptors (Lipinski definition) is 5. The third-order valence-electron chi connectivity index (χ3n) is 2.77. The number of nitrogens with zero attached hydrogens (tertiary/aromatic N) is 5. The largest absolute Gasteiger partial charge is 0.342 e. The van der Waals surface area contributed by atoms with Gasteiger partial charge in [0.25, 0.3) is 5.91 Å². The van der Waals surface area contributed by atoms with Gasteiger partial charge in [-0.25, -0.2) is 4.52 Å². The van der Waals surface area contributed by atoms with Gasteiger partial charge in [-0.3, -0.25) is 4.79 Å². The third kappa shape index (κ3) is 2.03. The molecule has 1 atom stereocenters. The molecule has 8 heteroatoms. The lowest BCUT2D eigenvalue weighted by Crippen LogP contribution is -2.27. The molecule has 0 radical (unpaired) electrons. The van der Waals surface area contributed by atoms with Gasteiger partial charge in [0.05, 0.1) is 23.3 Å². The number of nitrogens with one attached hydrogen (secondary N) is 2. The molecule has 0 aliphatic carbocycles. The van der Waals surface area contributed by atoms with Gasteiger partial charge in [-0.15, -0.1) is 10.2 Å². The van der Waals surface area contributed by atoms with Crippen molar-refractivity contribution in [2.45, 2.75) is 13.0 Å². The summed E-state index contributed by atoms with van der Waals surface area (Å²) in [6, 6.07) is 5.21. The Hall–Kier alpha value is -2.77. The number of aromatic amines is 1. The molecule has 1 unspecified atom stereocenters. The third-order valence-corrected chi connectivity index (χ3v) is 2.77. The molecule has 19 heavy (non-hydrogen) atoms. The Kier molecular flexibility index (Phi) is 2.67. The van der Waals surface area contributed by atoms with Crippen LogP contribution in [0.2, 0.25) is 0 Å². The van der Waals surface area contributed by atoms with Crippen LogP contribution in [0.4, 0.5) is 0 Å². The van der Waals surface area contributed by atoms with Crippen molar-refractivity contribution in [3.05, 3.63) is 42.0 Å². The average molecular weight is 257 g/mol. The maximum Gasteiger partial charge on any atom is 0.255 e. The maximum absolute atomic E-state index is 12.2. The summed E-state index contributed by atoms with van der Waals surface area (Å²) in [5, 5.41) is 20.4. The van der Waals surface area contributed by atoms with E-state index in [1.54, 1.807) is 17.6 Å². The number of H-pyrrole nitrogens is 1. The molecule has 3 aromatic heterocycles. The number of amides is 1. The number of aromatic nitrogens is 6. The molecule has 0 aromatic carbocycles. The molecule has 0 spiro atoms. The summed E-state index contributed by atoms with van der Waals surface area (Å²) < 4.78 is 1.65. The SMILES string of the molecule is CC(NC(=O)c1cnn2ccccc12)c1nn[nH]n1. The Morgan fingerprint density at radius 1 is 1.47 bits per heavy atom. The molecular weight excluding hydrogens is 246 g/mol. The van der Waals surface area contributed by atoms with Gasteiger partial charge in [0.2, 0.25) is 0 Å². The lowest BCUT2D eigenvalue weighted by Gasteiger charge is -2.08. The van der Waals surface area contributed by atoms with E-state index in [0.29, 0.717) is 11.4 Å². The van der Waals surface area contributed by atoms with Crippen LogP contribution in [-0.4, -0.2) is 36.1 Å². The van der Waals surface area contributed by atoms with Gasteiger partial charge in [0.1, 0.15) is 0 Å². The van der Waals surface area contributed by atoms with Gasteiger partial charge >= 0.3 is 0 Å². The first kappa shape index (κ1) is 11.3. The van der Waals surface area contributed by atoms with Crippen LogP contribution in [0, 0.1) is 0 Å². The summed E-state index contributed by atoms with van der Waals surface area (Å²) in [7, 11) is 0. The minimum Gasteiger partial charge on any atom is -0.342 e. The number of hydrogen-bond donors (Lipinski definition) is 2. The second-order valence-electron chi connectivity index (χ2n) is 4.05. The Bertz CT molecular complexity index is 703. The molecule has 3 rings (SSSR count). The highest BCUT2D eigenvalue weighted by atomic mass is 16.1. The second-order valence-corrected chi connectivity index (χ2v) is 4.05. The zero-order chi connectivity index (χ0) is 13.2. The molecule has 0 bridgehead atoms. The van der Waals surface area contributed by atoms with E-state index in [2.05, 4.69) is 31.0 Å². The number of tetrazole rings is 1. The van der Waals surface area contributed by atoms with Crippen molar-refractivity contribution in [3.8, 4) is 0 Å². The first-order chi connectivity index (χ1) is 9.25. The van der Waals surface area contributed by atoms with E-state index in [-0.39, 0.29) is 11.9 Å². The van der Waals surface area contributed by atoms with Gasteiger partial charge in [-0.1, -0.05) is 11.3 Å². The first-order valence-corrected chi connectivity index (χ1v) is 5.72. The summed E-state index contributed by atoms with van der Waals surface area (Å²) in [4.78, 5) is 12.2. The van der Waals surface area contributed by atoms with E-state index in [4.69, 9.17) is 0 Å². The lowest BCUT2D eigenvalue weighted by atomic mass is 10.2. The molecule has 96 valence electrons. The van der Waals surface area contributed by atoms with Crippen molar-refractivity contribution in [1.82, 2.24) is 35.6 Å². The number of carbonyl (C=O) groups is 1. The van der Waals surface area contributed by atoms with Crippen molar-refractivity contribution in [3.63, 3.8) is 0 Å². The second kappa shape index (κ2) is 4.48. The van der Waals surface area contributed by atoms with Crippen LogP contribution >= 0.6 is 0 Å². The monoisotopic (exact) mass is 257 g/mol. The molecule has 0 saturated carbocycles. The molecule has 3 aromatic rings. The van der Waals surface area contributed by atoms with Crippen LogP contribution in [-0.2, 0) is 0 Å². The summed E-state index contributed by atoms with van der Waals surface area (Å²) in [6.45, 7) is 1.79. The fourth-order valence-corrected chi connectivity index (χ4v) is 1.80. The normalized spacial score (nSPS) is 12.5. The van der Waals surface area contributed by atoms with E-state index < -0.39 is 0 Å². The van der Waals surface area contributed by atoms with Gasteiger partial charge in [-0.2, -0.15) is 10.3 Å². The molecule has 0 aliphatic heterocycles. The molecule has 2 N–H and O–H groups in total. The number of fused-ring (bicyclic) bond motifs is 1. The highest BCUT2D eigenvalue weighted by molar-refractivity contribution is 6.00. The van der Waals surface area contributed by atoms with Gasteiger partial charge in [0.15, 0.2) is 5.82 Å². The van der Waals surface area contributed by atoms with Crippen molar-refractivity contribution in [2.75, 3.05) is 0 Å².